The summed E-state index contributed by atoms with van der Waals surface area (Å²) in [7, 11) is 0. The number of halogens is 1. The lowest BCUT2D eigenvalue weighted by Gasteiger charge is -2.02. The van der Waals surface area contributed by atoms with Gasteiger partial charge in [0.25, 0.3) is 0 Å². The van der Waals surface area contributed by atoms with Gasteiger partial charge in [0, 0.05) is 0 Å². The van der Waals surface area contributed by atoms with Crippen LogP contribution < -0.4 is 0 Å². The molecule has 0 amide bonds. The number of hydrogen-bond acceptors (Lipinski definition) is 2. The van der Waals surface area contributed by atoms with Crippen LogP contribution in [0.4, 0.5) is 0 Å². The van der Waals surface area contributed by atoms with Crippen LogP contribution in [0.25, 0.3) is 0 Å². The average molecular weight is 153 g/mol. The van der Waals surface area contributed by atoms with Crippen LogP contribution in [-0.2, 0) is 4.89 Å². The van der Waals surface area contributed by atoms with Gasteiger partial charge in [0.2, 0.25) is 0 Å². The molecule has 0 aliphatic rings. The van der Waals surface area contributed by atoms with Crippen molar-refractivity contribution in [3.63, 3.8) is 0 Å². The number of unbranched alkanes of at least 4 members (excludes halogenated alkanes) is 2. The van der Waals surface area contributed by atoms with Gasteiger partial charge in [0.05, 0.1) is 0 Å². The summed E-state index contributed by atoms with van der Waals surface area (Å²) in [5, 5.41) is 8.00. The Kier molecular flexibility index (Phi) is 6.48. The molecule has 0 radical (unpaired) electrons. The summed E-state index contributed by atoms with van der Waals surface area (Å²) < 4.78 is 0. The van der Waals surface area contributed by atoms with Gasteiger partial charge in [-0.25, -0.2) is 4.89 Å². The summed E-state index contributed by atoms with van der Waals surface area (Å²) in [6.45, 7) is 2.11. The fourth-order valence-corrected chi connectivity index (χ4v) is 0.762. The van der Waals surface area contributed by atoms with E-state index in [1.165, 1.54) is 0 Å². The van der Waals surface area contributed by atoms with Gasteiger partial charge in [0.15, 0.2) is 5.56 Å². The Hall–Kier alpha value is 0.210. The van der Waals surface area contributed by atoms with Crippen LogP contribution in [0.5, 0.6) is 0 Å². The van der Waals surface area contributed by atoms with Crippen LogP contribution in [0.2, 0.25) is 0 Å². The molecule has 0 bridgehead atoms. The number of alkyl halides is 1. The standard InChI is InChI=1S/C6H13ClO2/c1-2-3-4-5-6(7)9-8/h6,8H,2-5H2,1H3. The molecule has 56 valence electrons. The van der Waals surface area contributed by atoms with E-state index in [9.17, 15) is 0 Å². The molecular formula is C6H13ClO2. The lowest BCUT2D eigenvalue weighted by Crippen LogP contribution is -2.00. The van der Waals surface area contributed by atoms with Gasteiger partial charge in [-0.1, -0.05) is 31.4 Å². The Morgan fingerprint density at radius 2 is 2.22 bits per heavy atom. The van der Waals surface area contributed by atoms with Crippen LogP contribution in [-0.4, -0.2) is 10.8 Å². The largest absolute Gasteiger partial charge is 0.250 e. The van der Waals surface area contributed by atoms with Crippen molar-refractivity contribution < 1.29 is 10.1 Å². The summed E-state index contributed by atoms with van der Waals surface area (Å²) in [6.07, 6.45) is 4.05. The van der Waals surface area contributed by atoms with E-state index in [0.717, 1.165) is 25.7 Å². The van der Waals surface area contributed by atoms with Crippen molar-refractivity contribution in [2.45, 2.75) is 38.2 Å². The molecular weight excluding hydrogens is 140 g/mol. The third-order valence-electron chi connectivity index (χ3n) is 1.15. The first-order valence-electron chi connectivity index (χ1n) is 3.25. The van der Waals surface area contributed by atoms with Crippen molar-refractivity contribution in [3.8, 4) is 0 Å². The Morgan fingerprint density at radius 1 is 1.56 bits per heavy atom. The van der Waals surface area contributed by atoms with Crippen molar-refractivity contribution in [2.75, 3.05) is 0 Å². The molecule has 0 aromatic rings. The minimum atomic E-state index is -0.517. The maximum absolute atomic E-state index is 8.00. The highest BCUT2D eigenvalue weighted by molar-refractivity contribution is 6.19. The molecule has 1 unspecified atom stereocenters. The zero-order valence-electron chi connectivity index (χ0n) is 5.64. The third kappa shape index (κ3) is 6.09. The first-order chi connectivity index (χ1) is 4.31. The zero-order valence-corrected chi connectivity index (χ0v) is 6.40. The van der Waals surface area contributed by atoms with Gasteiger partial charge < -0.3 is 0 Å². The highest BCUT2D eigenvalue weighted by Gasteiger charge is 2.00. The predicted molar refractivity (Wildman–Crippen MR) is 37.5 cm³/mol. The van der Waals surface area contributed by atoms with Gasteiger partial charge >= 0.3 is 0 Å². The first kappa shape index (κ1) is 9.21. The summed E-state index contributed by atoms with van der Waals surface area (Å²) in [5.74, 6) is 0. The van der Waals surface area contributed by atoms with Crippen LogP contribution in [0.15, 0.2) is 0 Å². The minimum Gasteiger partial charge on any atom is -0.250 e. The lowest BCUT2D eigenvalue weighted by atomic mass is 10.2. The molecule has 0 rings (SSSR count). The highest BCUT2D eigenvalue weighted by Crippen LogP contribution is 2.08. The molecule has 0 aliphatic carbocycles. The molecule has 9 heavy (non-hydrogen) atoms. The molecule has 1 N–H and O–H groups in total. The van der Waals surface area contributed by atoms with E-state index < -0.39 is 5.56 Å². The van der Waals surface area contributed by atoms with Crippen molar-refractivity contribution in [1.29, 1.82) is 0 Å². The first-order valence-corrected chi connectivity index (χ1v) is 3.69. The SMILES string of the molecule is CCCCCC(Cl)OO. The number of hydrogen-bond donors (Lipinski definition) is 1. The van der Waals surface area contributed by atoms with Gasteiger partial charge in [-0.3, -0.25) is 5.26 Å². The van der Waals surface area contributed by atoms with Gasteiger partial charge in [-0.05, 0) is 12.8 Å². The molecule has 1 atom stereocenters. The lowest BCUT2D eigenvalue weighted by molar-refractivity contribution is -0.257. The normalized spacial score (nSPS) is 13.7. The molecule has 0 aromatic heterocycles. The molecule has 3 heteroatoms. The van der Waals surface area contributed by atoms with E-state index in [4.69, 9.17) is 16.9 Å². The maximum Gasteiger partial charge on any atom is 0.166 e. The second-order valence-electron chi connectivity index (χ2n) is 2.01. The fraction of sp³-hybridized carbons (Fsp3) is 1.00. The molecule has 0 aromatic carbocycles. The molecule has 2 nitrogen and oxygen atoms in total. The van der Waals surface area contributed by atoms with E-state index in [-0.39, 0.29) is 0 Å². The summed E-state index contributed by atoms with van der Waals surface area (Å²) in [4.78, 5) is 3.86. The van der Waals surface area contributed by atoms with Gasteiger partial charge in [-0.15, -0.1) is 0 Å². The Labute approximate surface area is 60.7 Å². The van der Waals surface area contributed by atoms with Crippen LogP contribution in [0.3, 0.4) is 0 Å². The maximum atomic E-state index is 8.00. The second-order valence-corrected chi connectivity index (χ2v) is 2.50. The minimum absolute atomic E-state index is 0.517. The van der Waals surface area contributed by atoms with Crippen LogP contribution >= 0.6 is 11.6 Å². The van der Waals surface area contributed by atoms with E-state index in [1.54, 1.807) is 0 Å². The molecule has 0 saturated heterocycles. The summed E-state index contributed by atoms with van der Waals surface area (Å²) in [6, 6.07) is 0. The van der Waals surface area contributed by atoms with Crippen molar-refractivity contribution in [3.05, 3.63) is 0 Å². The predicted octanol–water partition coefficient (Wildman–Crippen LogP) is 2.62. The van der Waals surface area contributed by atoms with Crippen molar-refractivity contribution >= 4 is 11.6 Å². The van der Waals surface area contributed by atoms with E-state index >= 15 is 0 Å². The Bertz CT molecular complexity index is 59.0. The van der Waals surface area contributed by atoms with E-state index in [0.29, 0.717) is 0 Å². The molecule has 0 aliphatic heterocycles. The van der Waals surface area contributed by atoms with Crippen molar-refractivity contribution in [2.24, 2.45) is 0 Å². The monoisotopic (exact) mass is 152 g/mol. The fourth-order valence-electron chi connectivity index (χ4n) is 0.608. The van der Waals surface area contributed by atoms with E-state index in [1.807, 2.05) is 0 Å². The smallest absolute Gasteiger partial charge is 0.166 e. The summed E-state index contributed by atoms with van der Waals surface area (Å²) >= 11 is 5.43. The van der Waals surface area contributed by atoms with Crippen LogP contribution in [0.1, 0.15) is 32.6 Å². The second kappa shape index (κ2) is 6.33. The molecule has 0 saturated carbocycles. The quantitative estimate of drug-likeness (QED) is 0.284. The Morgan fingerprint density at radius 3 is 2.67 bits per heavy atom. The average Bonchev–Trinajstić information content (AvgIpc) is 1.89. The highest BCUT2D eigenvalue weighted by atomic mass is 35.5. The third-order valence-corrected chi connectivity index (χ3v) is 1.45. The molecule has 0 fully saturated rings. The van der Waals surface area contributed by atoms with Crippen molar-refractivity contribution in [1.82, 2.24) is 0 Å². The molecule has 0 heterocycles. The molecule has 0 spiro atoms. The van der Waals surface area contributed by atoms with E-state index in [2.05, 4.69) is 11.8 Å². The number of rotatable bonds is 5. The Balaban J connectivity index is 2.88. The summed E-state index contributed by atoms with van der Waals surface area (Å²) in [5.41, 5.74) is -0.517. The van der Waals surface area contributed by atoms with Gasteiger partial charge in [0.1, 0.15) is 0 Å². The van der Waals surface area contributed by atoms with Gasteiger partial charge in [-0.2, -0.15) is 0 Å². The topological polar surface area (TPSA) is 29.5 Å². The van der Waals surface area contributed by atoms with Crippen LogP contribution in [0, 0.1) is 0 Å². The zero-order chi connectivity index (χ0) is 7.11.